The first-order valence-electron chi connectivity index (χ1n) is 15.7. The van der Waals surface area contributed by atoms with E-state index in [1.165, 1.54) is 32.1 Å². The Morgan fingerprint density at radius 1 is 0.757 bits per heavy atom. The number of rotatable bonds is 5. The highest BCUT2D eigenvalue weighted by atomic mass is 19.4. The lowest BCUT2D eigenvalue weighted by molar-refractivity contribution is -0.290. The van der Waals surface area contributed by atoms with Crippen LogP contribution in [-0.2, 0) is 0 Å². The van der Waals surface area contributed by atoms with E-state index < -0.39 is 17.4 Å². The van der Waals surface area contributed by atoms with Crippen molar-refractivity contribution in [2.24, 2.45) is 45.8 Å². The van der Waals surface area contributed by atoms with Gasteiger partial charge in [0, 0.05) is 0 Å². The maximum absolute atomic E-state index is 13.6. The summed E-state index contributed by atoms with van der Waals surface area (Å²) in [5.41, 5.74) is -2.24. The van der Waals surface area contributed by atoms with Gasteiger partial charge in [-0.1, -0.05) is 40.5 Å². The van der Waals surface area contributed by atoms with Gasteiger partial charge in [0.2, 0.25) is 0 Å². The quantitative estimate of drug-likeness (QED) is 0.376. The van der Waals surface area contributed by atoms with Crippen LogP contribution in [0.1, 0.15) is 137 Å². The maximum atomic E-state index is 13.6. The monoisotopic (exact) mass is 526 g/mol. The SMILES string of the molecule is CCC1(C)CCC(O)(CCC[C@@H]2CC[C@H]3[C@@H]4CC[C@H]5C[C@](O)(C(F)(F)F)CC[C@]5(C)[C@H]4CC[C@]23C)CC1. The number of hydrogen-bond acceptors (Lipinski definition) is 2. The second kappa shape index (κ2) is 9.38. The van der Waals surface area contributed by atoms with Crippen LogP contribution in [0.5, 0.6) is 0 Å². The third-order valence-electron chi connectivity index (χ3n) is 13.9. The van der Waals surface area contributed by atoms with Crippen LogP contribution >= 0.6 is 0 Å². The molecule has 0 saturated heterocycles. The van der Waals surface area contributed by atoms with Crippen molar-refractivity contribution in [1.29, 1.82) is 0 Å². The Morgan fingerprint density at radius 2 is 1.43 bits per heavy atom. The van der Waals surface area contributed by atoms with Gasteiger partial charge >= 0.3 is 6.18 Å². The van der Waals surface area contributed by atoms with E-state index in [2.05, 4.69) is 27.7 Å². The normalized spacial score (nSPS) is 52.3. The molecule has 0 radical (unpaired) electrons. The van der Waals surface area contributed by atoms with Crippen LogP contribution in [-0.4, -0.2) is 27.6 Å². The molecule has 8 atom stereocenters. The van der Waals surface area contributed by atoms with Crippen molar-refractivity contribution in [2.45, 2.75) is 154 Å². The van der Waals surface area contributed by atoms with E-state index in [4.69, 9.17) is 0 Å². The van der Waals surface area contributed by atoms with Crippen molar-refractivity contribution in [3.63, 3.8) is 0 Å². The van der Waals surface area contributed by atoms with Crippen LogP contribution in [0.25, 0.3) is 0 Å². The van der Waals surface area contributed by atoms with E-state index in [0.29, 0.717) is 35.0 Å². The number of fused-ring (bicyclic) bond motifs is 5. The fourth-order valence-electron chi connectivity index (χ4n) is 10.7. The minimum absolute atomic E-state index is 0.0125. The van der Waals surface area contributed by atoms with Crippen LogP contribution in [0, 0.1) is 45.8 Å². The summed E-state index contributed by atoms with van der Waals surface area (Å²) in [5, 5.41) is 21.7. The van der Waals surface area contributed by atoms with Gasteiger partial charge in [-0.05, 0) is 142 Å². The lowest BCUT2D eigenvalue weighted by atomic mass is 9.43. The Hall–Kier alpha value is -0.290. The van der Waals surface area contributed by atoms with E-state index in [1.807, 2.05) is 0 Å². The van der Waals surface area contributed by atoms with Crippen molar-refractivity contribution >= 4 is 0 Å². The smallest absolute Gasteiger partial charge is 0.390 e. The zero-order chi connectivity index (χ0) is 26.9. The zero-order valence-corrected chi connectivity index (χ0v) is 23.9. The second-order valence-corrected chi connectivity index (χ2v) is 15.5. The van der Waals surface area contributed by atoms with Crippen molar-refractivity contribution in [3.05, 3.63) is 0 Å². The summed E-state index contributed by atoms with van der Waals surface area (Å²) in [6.07, 6.45) is 11.2. The zero-order valence-electron chi connectivity index (χ0n) is 23.9. The van der Waals surface area contributed by atoms with Crippen LogP contribution in [0.3, 0.4) is 0 Å². The second-order valence-electron chi connectivity index (χ2n) is 15.5. The van der Waals surface area contributed by atoms with E-state index in [9.17, 15) is 23.4 Å². The Labute approximate surface area is 223 Å². The third-order valence-corrected chi connectivity index (χ3v) is 13.9. The minimum Gasteiger partial charge on any atom is -0.390 e. The molecule has 0 aliphatic heterocycles. The van der Waals surface area contributed by atoms with E-state index in [1.54, 1.807) is 0 Å². The van der Waals surface area contributed by atoms with E-state index >= 15 is 0 Å². The van der Waals surface area contributed by atoms with Gasteiger partial charge in [-0.15, -0.1) is 0 Å². The molecule has 37 heavy (non-hydrogen) atoms. The molecule has 0 aromatic heterocycles. The van der Waals surface area contributed by atoms with Gasteiger partial charge < -0.3 is 10.2 Å². The summed E-state index contributed by atoms with van der Waals surface area (Å²) >= 11 is 0. The summed E-state index contributed by atoms with van der Waals surface area (Å²) in [5.74, 6) is 2.55. The van der Waals surface area contributed by atoms with Crippen LogP contribution in [0.15, 0.2) is 0 Å². The minimum atomic E-state index is -4.52. The third kappa shape index (κ3) is 4.72. The molecule has 5 saturated carbocycles. The molecule has 0 unspecified atom stereocenters. The van der Waals surface area contributed by atoms with E-state index in [-0.39, 0.29) is 24.2 Å². The Morgan fingerprint density at radius 3 is 2.08 bits per heavy atom. The lowest BCUT2D eigenvalue weighted by Crippen LogP contribution is -2.59. The van der Waals surface area contributed by atoms with Crippen molar-refractivity contribution in [3.8, 4) is 0 Å². The molecule has 5 heteroatoms. The van der Waals surface area contributed by atoms with Crippen LogP contribution in [0.2, 0.25) is 0 Å². The highest BCUT2D eigenvalue weighted by Gasteiger charge is 2.65. The van der Waals surface area contributed by atoms with Gasteiger partial charge in [0.05, 0.1) is 5.60 Å². The standard InChI is InChI=1S/C32H53F3O2/c1-5-27(2)15-18-30(36,19-16-27)13-6-7-22-9-11-25-24-10-8-23-21-31(37,32(33,34)35)20-17-29(23,4)26(24)12-14-28(22,25)3/h22-26,36-37H,5-21H2,1-4H3/t22-,23+,24+,25+,26+,27?,28-,29+,30?,31+/m1/s1. The average Bonchev–Trinajstić information content (AvgIpc) is 3.17. The first kappa shape index (κ1) is 28.2. The highest BCUT2D eigenvalue weighted by molar-refractivity contribution is 5.11. The molecule has 5 aliphatic rings. The molecule has 2 nitrogen and oxygen atoms in total. The first-order valence-corrected chi connectivity index (χ1v) is 15.7. The molecule has 5 fully saturated rings. The topological polar surface area (TPSA) is 40.5 Å². The molecule has 0 aromatic carbocycles. The fraction of sp³-hybridized carbons (Fsp3) is 1.00. The predicted octanol–water partition coefficient (Wildman–Crippen LogP) is 8.83. The summed E-state index contributed by atoms with van der Waals surface area (Å²) in [4.78, 5) is 0. The Kier molecular flexibility index (Phi) is 7.16. The molecule has 5 rings (SSSR count). The summed E-state index contributed by atoms with van der Waals surface area (Å²) in [6.45, 7) is 9.46. The van der Waals surface area contributed by atoms with Crippen molar-refractivity contribution in [2.75, 3.05) is 0 Å². The van der Waals surface area contributed by atoms with E-state index in [0.717, 1.165) is 63.7 Å². The molecule has 214 valence electrons. The fourth-order valence-corrected chi connectivity index (χ4v) is 10.7. The molecular weight excluding hydrogens is 473 g/mol. The van der Waals surface area contributed by atoms with Gasteiger partial charge in [-0.2, -0.15) is 13.2 Å². The molecule has 0 spiro atoms. The van der Waals surface area contributed by atoms with Gasteiger partial charge in [-0.25, -0.2) is 0 Å². The van der Waals surface area contributed by atoms with Gasteiger partial charge in [0.1, 0.15) is 0 Å². The van der Waals surface area contributed by atoms with Gasteiger partial charge in [-0.3, -0.25) is 0 Å². The maximum Gasteiger partial charge on any atom is 0.417 e. The largest absolute Gasteiger partial charge is 0.417 e. The number of aliphatic hydroxyl groups is 2. The van der Waals surface area contributed by atoms with Crippen LogP contribution < -0.4 is 0 Å². The molecule has 0 heterocycles. The molecule has 0 aromatic rings. The summed E-state index contributed by atoms with van der Waals surface area (Å²) in [6, 6.07) is 0. The molecular formula is C32H53F3O2. The molecule has 2 N–H and O–H groups in total. The predicted molar refractivity (Wildman–Crippen MR) is 142 cm³/mol. The van der Waals surface area contributed by atoms with Crippen LogP contribution in [0.4, 0.5) is 13.2 Å². The van der Waals surface area contributed by atoms with Crippen molar-refractivity contribution in [1.82, 2.24) is 0 Å². The molecule has 0 bridgehead atoms. The number of halogens is 3. The Balaban J connectivity index is 1.20. The molecule has 0 amide bonds. The van der Waals surface area contributed by atoms with Gasteiger partial charge in [0.15, 0.2) is 5.60 Å². The Bertz CT molecular complexity index is 832. The average molecular weight is 527 g/mol. The lowest BCUT2D eigenvalue weighted by Gasteiger charge is -2.62. The van der Waals surface area contributed by atoms with Crippen molar-refractivity contribution < 1.29 is 23.4 Å². The van der Waals surface area contributed by atoms with Gasteiger partial charge in [0.25, 0.3) is 0 Å². The highest BCUT2D eigenvalue weighted by Crippen LogP contribution is 2.69. The first-order chi connectivity index (χ1) is 17.2. The summed E-state index contributed by atoms with van der Waals surface area (Å²) in [7, 11) is 0. The number of hydrogen-bond donors (Lipinski definition) is 2. The molecule has 5 aliphatic carbocycles. The number of alkyl halides is 3. The summed E-state index contributed by atoms with van der Waals surface area (Å²) < 4.78 is 40.9.